The smallest absolute Gasteiger partial charge is 0.297 e. The van der Waals surface area contributed by atoms with Gasteiger partial charge in [-0.05, 0) is 24.3 Å². The normalized spacial score (nSPS) is 10.1. The molecule has 1 heterocycles. The monoisotopic (exact) mass is 217 g/mol. The molecule has 0 saturated carbocycles. The Kier molecular flexibility index (Phi) is 2.59. The predicted octanol–water partition coefficient (Wildman–Crippen LogP) is 0.823. The van der Waals surface area contributed by atoms with Crippen molar-refractivity contribution in [1.29, 1.82) is 0 Å². The summed E-state index contributed by atoms with van der Waals surface area (Å²) in [4.78, 5) is 15.4. The maximum absolute atomic E-state index is 11.7. The van der Waals surface area contributed by atoms with Crippen molar-refractivity contribution in [2.45, 2.75) is 0 Å². The van der Waals surface area contributed by atoms with E-state index in [9.17, 15) is 4.79 Å². The lowest BCUT2D eigenvalue weighted by molar-refractivity contribution is 0.414. The van der Waals surface area contributed by atoms with Crippen molar-refractivity contribution < 1.29 is 4.74 Å². The summed E-state index contributed by atoms with van der Waals surface area (Å²) in [5.41, 5.74) is 5.84. The van der Waals surface area contributed by atoms with Crippen LogP contribution in [0.3, 0.4) is 0 Å². The highest BCUT2D eigenvalue weighted by molar-refractivity contribution is 5.39. The second-order valence-corrected chi connectivity index (χ2v) is 3.19. The molecule has 2 aromatic rings. The van der Waals surface area contributed by atoms with Gasteiger partial charge in [0, 0.05) is 18.1 Å². The third kappa shape index (κ3) is 1.75. The van der Waals surface area contributed by atoms with E-state index >= 15 is 0 Å². The molecule has 0 fully saturated rings. The Bertz CT molecular complexity index is 546. The SMILES string of the molecule is COc1ccc(-n2ccnc(N)c2=O)cc1. The standard InChI is InChI=1S/C11H11N3O2/c1-16-9-4-2-8(3-5-9)14-7-6-13-10(12)11(14)15/h2-7H,1H3,(H2,12,13). The molecule has 16 heavy (non-hydrogen) atoms. The van der Waals surface area contributed by atoms with Crippen LogP contribution in [0.25, 0.3) is 5.69 Å². The lowest BCUT2D eigenvalue weighted by Gasteiger charge is -2.06. The van der Waals surface area contributed by atoms with Gasteiger partial charge in [-0.1, -0.05) is 0 Å². The van der Waals surface area contributed by atoms with E-state index in [0.29, 0.717) is 0 Å². The number of hydrogen-bond donors (Lipinski definition) is 1. The molecule has 0 aliphatic heterocycles. The van der Waals surface area contributed by atoms with E-state index in [1.54, 1.807) is 37.6 Å². The number of methoxy groups -OCH3 is 1. The molecule has 0 spiro atoms. The van der Waals surface area contributed by atoms with Gasteiger partial charge in [0.15, 0.2) is 5.82 Å². The number of nitrogens with two attached hydrogens (primary N) is 1. The molecule has 2 N–H and O–H groups in total. The minimum Gasteiger partial charge on any atom is -0.497 e. The number of rotatable bonds is 2. The highest BCUT2D eigenvalue weighted by Gasteiger charge is 2.02. The van der Waals surface area contributed by atoms with Crippen LogP contribution >= 0.6 is 0 Å². The molecular formula is C11H11N3O2. The zero-order valence-corrected chi connectivity index (χ0v) is 8.75. The zero-order chi connectivity index (χ0) is 11.5. The molecule has 82 valence electrons. The van der Waals surface area contributed by atoms with Crippen molar-refractivity contribution in [1.82, 2.24) is 9.55 Å². The largest absolute Gasteiger partial charge is 0.497 e. The van der Waals surface area contributed by atoms with Crippen LogP contribution < -0.4 is 16.0 Å². The first-order valence-electron chi connectivity index (χ1n) is 4.70. The first kappa shape index (κ1) is 10.2. The summed E-state index contributed by atoms with van der Waals surface area (Å²) < 4.78 is 6.47. The van der Waals surface area contributed by atoms with E-state index < -0.39 is 0 Å². The van der Waals surface area contributed by atoms with Gasteiger partial charge in [0.1, 0.15) is 5.75 Å². The predicted molar refractivity (Wildman–Crippen MR) is 60.8 cm³/mol. The van der Waals surface area contributed by atoms with Crippen molar-refractivity contribution in [2.24, 2.45) is 0 Å². The summed E-state index contributed by atoms with van der Waals surface area (Å²) in [6.07, 6.45) is 3.06. The fourth-order valence-corrected chi connectivity index (χ4v) is 1.37. The molecule has 2 rings (SSSR count). The van der Waals surface area contributed by atoms with Gasteiger partial charge in [0.05, 0.1) is 7.11 Å². The van der Waals surface area contributed by atoms with Gasteiger partial charge in [0.25, 0.3) is 5.56 Å². The highest BCUT2D eigenvalue weighted by Crippen LogP contribution is 2.13. The summed E-state index contributed by atoms with van der Waals surface area (Å²) in [6.45, 7) is 0. The summed E-state index contributed by atoms with van der Waals surface area (Å²) in [6, 6.07) is 7.11. The van der Waals surface area contributed by atoms with Gasteiger partial charge >= 0.3 is 0 Å². The molecule has 0 unspecified atom stereocenters. The fraction of sp³-hybridized carbons (Fsp3) is 0.0909. The Morgan fingerprint density at radius 3 is 2.62 bits per heavy atom. The van der Waals surface area contributed by atoms with Gasteiger partial charge in [-0.15, -0.1) is 0 Å². The van der Waals surface area contributed by atoms with E-state index in [4.69, 9.17) is 10.5 Å². The van der Waals surface area contributed by atoms with E-state index in [2.05, 4.69) is 4.98 Å². The fourth-order valence-electron chi connectivity index (χ4n) is 1.37. The Balaban J connectivity index is 2.51. The Morgan fingerprint density at radius 2 is 2.00 bits per heavy atom. The van der Waals surface area contributed by atoms with Crippen molar-refractivity contribution in [2.75, 3.05) is 12.8 Å². The second-order valence-electron chi connectivity index (χ2n) is 3.19. The zero-order valence-electron chi connectivity index (χ0n) is 8.75. The van der Waals surface area contributed by atoms with Gasteiger partial charge < -0.3 is 10.5 Å². The van der Waals surface area contributed by atoms with Crippen molar-refractivity contribution >= 4 is 5.82 Å². The molecule has 5 nitrogen and oxygen atoms in total. The second kappa shape index (κ2) is 4.06. The summed E-state index contributed by atoms with van der Waals surface area (Å²) in [5.74, 6) is 0.720. The molecule has 0 atom stereocenters. The number of hydrogen-bond acceptors (Lipinski definition) is 4. The lowest BCUT2D eigenvalue weighted by atomic mass is 10.3. The summed E-state index contributed by atoms with van der Waals surface area (Å²) >= 11 is 0. The maximum atomic E-state index is 11.7. The van der Waals surface area contributed by atoms with E-state index in [-0.39, 0.29) is 11.4 Å². The number of anilines is 1. The van der Waals surface area contributed by atoms with Gasteiger partial charge in [-0.2, -0.15) is 0 Å². The molecule has 0 aliphatic carbocycles. The number of benzene rings is 1. The third-order valence-electron chi connectivity index (χ3n) is 2.22. The molecular weight excluding hydrogens is 206 g/mol. The van der Waals surface area contributed by atoms with Crippen molar-refractivity contribution in [3.63, 3.8) is 0 Å². The Hall–Kier alpha value is -2.30. The lowest BCUT2D eigenvalue weighted by Crippen LogP contribution is -2.21. The van der Waals surface area contributed by atoms with Crippen LogP contribution in [0.5, 0.6) is 5.75 Å². The highest BCUT2D eigenvalue weighted by atomic mass is 16.5. The molecule has 0 amide bonds. The minimum absolute atomic E-state index is 0.0154. The third-order valence-corrected chi connectivity index (χ3v) is 2.22. The molecule has 0 radical (unpaired) electrons. The Labute approximate surface area is 92.1 Å². The minimum atomic E-state index is -0.326. The van der Waals surface area contributed by atoms with Gasteiger partial charge in [0.2, 0.25) is 0 Å². The quantitative estimate of drug-likeness (QED) is 0.808. The molecule has 1 aromatic heterocycles. The molecule has 0 saturated heterocycles. The van der Waals surface area contributed by atoms with Crippen molar-refractivity contribution in [3.8, 4) is 11.4 Å². The maximum Gasteiger partial charge on any atom is 0.297 e. The van der Waals surface area contributed by atoms with E-state index in [1.807, 2.05) is 0 Å². The number of nitrogens with zero attached hydrogens (tertiary/aromatic N) is 2. The van der Waals surface area contributed by atoms with Crippen LogP contribution in [0, 0.1) is 0 Å². The number of aromatic nitrogens is 2. The average molecular weight is 217 g/mol. The Morgan fingerprint density at radius 1 is 1.31 bits per heavy atom. The molecule has 1 aromatic carbocycles. The van der Waals surface area contributed by atoms with Crippen LogP contribution in [-0.2, 0) is 0 Å². The molecule has 0 bridgehead atoms. The van der Waals surface area contributed by atoms with E-state index in [0.717, 1.165) is 11.4 Å². The summed E-state index contributed by atoms with van der Waals surface area (Å²) in [5, 5.41) is 0. The van der Waals surface area contributed by atoms with Gasteiger partial charge in [-0.3, -0.25) is 9.36 Å². The van der Waals surface area contributed by atoms with Crippen LogP contribution in [-0.4, -0.2) is 16.7 Å². The van der Waals surface area contributed by atoms with Crippen LogP contribution in [0.1, 0.15) is 0 Å². The average Bonchev–Trinajstić information content (AvgIpc) is 2.33. The summed E-state index contributed by atoms with van der Waals surface area (Å²) in [7, 11) is 1.59. The number of ether oxygens (including phenoxy) is 1. The topological polar surface area (TPSA) is 70.1 Å². The van der Waals surface area contributed by atoms with Crippen LogP contribution in [0.2, 0.25) is 0 Å². The van der Waals surface area contributed by atoms with Crippen molar-refractivity contribution in [3.05, 3.63) is 47.0 Å². The number of nitrogen functional groups attached to an aromatic ring is 1. The van der Waals surface area contributed by atoms with E-state index in [1.165, 1.54) is 10.8 Å². The molecule has 5 heteroatoms. The van der Waals surface area contributed by atoms with Gasteiger partial charge in [-0.25, -0.2) is 4.98 Å². The van der Waals surface area contributed by atoms with Crippen LogP contribution in [0.4, 0.5) is 5.82 Å². The van der Waals surface area contributed by atoms with Crippen LogP contribution in [0.15, 0.2) is 41.5 Å². The first-order valence-corrected chi connectivity index (χ1v) is 4.70. The first-order chi connectivity index (χ1) is 7.72. The molecule has 0 aliphatic rings.